The van der Waals surface area contributed by atoms with Crippen molar-refractivity contribution >= 4 is 0 Å². The fourth-order valence-corrected chi connectivity index (χ4v) is 0.655. The average molecular weight is 139 g/mol. The van der Waals surface area contributed by atoms with Gasteiger partial charge < -0.3 is 4.57 Å². The van der Waals surface area contributed by atoms with Gasteiger partial charge in [-0.1, -0.05) is 0 Å². The van der Waals surface area contributed by atoms with E-state index in [1.807, 2.05) is 0 Å². The zero-order valence-electron chi connectivity index (χ0n) is 5.79. The molecular formula is C6H7N2O2. The number of nitrogens with zero attached hydrogens (tertiary/aromatic N) is 2. The van der Waals surface area contributed by atoms with Crippen molar-refractivity contribution in [2.45, 2.75) is 6.92 Å². The molecule has 4 nitrogen and oxygen atoms in total. The van der Waals surface area contributed by atoms with Gasteiger partial charge in [0, 0.05) is 18.8 Å². The highest BCUT2D eigenvalue weighted by atomic mass is 16.3. The second kappa shape index (κ2) is 2.13. The first-order valence-corrected chi connectivity index (χ1v) is 2.82. The maximum atomic E-state index is 10.7. The second-order valence-corrected chi connectivity index (χ2v) is 2.12. The van der Waals surface area contributed by atoms with Crippen LogP contribution in [0.15, 0.2) is 11.0 Å². The normalized spacial score (nSPS) is 9.80. The molecule has 0 aromatic carbocycles. The van der Waals surface area contributed by atoms with Gasteiger partial charge in [-0.05, 0) is 6.92 Å². The Hall–Kier alpha value is -1.32. The van der Waals surface area contributed by atoms with Gasteiger partial charge in [0.15, 0.2) is 0 Å². The molecule has 0 N–H and O–H groups in total. The molecule has 0 aliphatic heterocycles. The topological polar surface area (TPSA) is 54.8 Å². The lowest BCUT2D eigenvalue weighted by atomic mass is 10.4. The van der Waals surface area contributed by atoms with Crippen LogP contribution in [0, 0.1) is 6.92 Å². The summed E-state index contributed by atoms with van der Waals surface area (Å²) in [5, 5.41) is 10.7. The highest BCUT2D eigenvalue weighted by molar-refractivity contribution is 5.17. The molecule has 1 rings (SSSR count). The van der Waals surface area contributed by atoms with Crippen LogP contribution in [-0.4, -0.2) is 9.55 Å². The fourth-order valence-electron chi connectivity index (χ4n) is 0.655. The van der Waals surface area contributed by atoms with Crippen molar-refractivity contribution in [3.05, 3.63) is 22.2 Å². The van der Waals surface area contributed by atoms with Crippen molar-refractivity contribution in [2.75, 3.05) is 0 Å². The lowest BCUT2D eigenvalue weighted by Crippen LogP contribution is -2.18. The fraction of sp³-hybridized carbons (Fsp3) is 0.333. The third-order valence-corrected chi connectivity index (χ3v) is 1.22. The Balaban J connectivity index is 3.43. The van der Waals surface area contributed by atoms with Crippen LogP contribution in [0.5, 0.6) is 5.88 Å². The van der Waals surface area contributed by atoms with Gasteiger partial charge in [0.25, 0.3) is 5.88 Å². The molecular weight excluding hydrogens is 132 g/mol. The number of hydrogen-bond acceptors (Lipinski definition) is 2. The second-order valence-electron chi connectivity index (χ2n) is 2.12. The van der Waals surface area contributed by atoms with E-state index in [0.717, 1.165) is 0 Å². The van der Waals surface area contributed by atoms with Crippen molar-refractivity contribution in [3.8, 4) is 5.88 Å². The summed E-state index contributed by atoms with van der Waals surface area (Å²) >= 11 is 0. The molecule has 10 heavy (non-hydrogen) atoms. The first kappa shape index (κ1) is 6.80. The lowest BCUT2D eigenvalue weighted by Gasteiger charge is -1.96. The van der Waals surface area contributed by atoms with E-state index in [1.54, 1.807) is 14.0 Å². The number of hydrogen-bond donors (Lipinski definition) is 0. The van der Waals surface area contributed by atoms with Crippen LogP contribution in [0.1, 0.15) is 5.56 Å². The first-order chi connectivity index (χ1) is 4.61. The Bertz CT molecular complexity index is 303. The molecule has 53 valence electrons. The van der Waals surface area contributed by atoms with Crippen molar-refractivity contribution < 1.29 is 5.11 Å². The summed E-state index contributed by atoms with van der Waals surface area (Å²) in [4.78, 5) is 13.9. The first-order valence-electron chi connectivity index (χ1n) is 2.82. The minimum Gasteiger partial charge on any atom is -0.302 e. The van der Waals surface area contributed by atoms with E-state index >= 15 is 0 Å². The predicted molar refractivity (Wildman–Crippen MR) is 34.3 cm³/mol. The number of aryl methyl sites for hydroxylation is 2. The van der Waals surface area contributed by atoms with Crippen molar-refractivity contribution in [2.24, 2.45) is 7.05 Å². The Morgan fingerprint density at radius 2 is 2.20 bits per heavy atom. The van der Waals surface area contributed by atoms with E-state index in [2.05, 4.69) is 4.98 Å². The van der Waals surface area contributed by atoms with E-state index in [4.69, 9.17) is 0 Å². The molecule has 1 radical (unpaired) electrons. The van der Waals surface area contributed by atoms with E-state index in [0.29, 0.717) is 5.56 Å². The summed E-state index contributed by atoms with van der Waals surface area (Å²) < 4.78 is 1.27. The summed E-state index contributed by atoms with van der Waals surface area (Å²) in [5.41, 5.74) is -0.0160. The van der Waals surface area contributed by atoms with Crippen LogP contribution in [0.2, 0.25) is 0 Å². The SMILES string of the molecule is Cc1cn(C)c(=O)nc1[O]. The molecule has 0 unspecified atom stereocenters. The van der Waals surface area contributed by atoms with Gasteiger partial charge in [-0.25, -0.2) is 4.79 Å². The van der Waals surface area contributed by atoms with Crippen LogP contribution < -0.4 is 5.69 Å². The molecule has 1 aromatic rings. The van der Waals surface area contributed by atoms with E-state index in [-0.39, 0.29) is 0 Å². The van der Waals surface area contributed by atoms with Gasteiger partial charge in [-0.2, -0.15) is 4.98 Å². The summed E-state index contributed by atoms with van der Waals surface area (Å²) in [6, 6.07) is 0. The molecule has 0 amide bonds. The molecule has 0 saturated carbocycles. The van der Waals surface area contributed by atoms with E-state index < -0.39 is 11.6 Å². The largest absolute Gasteiger partial charge is 0.350 e. The van der Waals surface area contributed by atoms with Crippen molar-refractivity contribution in [3.63, 3.8) is 0 Å². The van der Waals surface area contributed by atoms with Gasteiger partial charge in [0.2, 0.25) is 0 Å². The van der Waals surface area contributed by atoms with Gasteiger partial charge in [-0.3, -0.25) is 5.11 Å². The van der Waals surface area contributed by atoms with Crippen LogP contribution in [0.4, 0.5) is 0 Å². The van der Waals surface area contributed by atoms with Gasteiger partial charge in [0.1, 0.15) is 0 Å². The highest BCUT2D eigenvalue weighted by Gasteiger charge is 2.00. The maximum Gasteiger partial charge on any atom is 0.350 e. The Morgan fingerprint density at radius 3 is 2.70 bits per heavy atom. The lowest BCUT2D eigenvalue weighted by molar-refractivity contribution is 0.330. The third kappa shape index (κ3) is 1.00. The van der Waals surface area contributed by atoms with Gasteiger partial charge in [-0.15, -0.1) is 0 Å². The highest BCUT2D eigenvalue weighted by Crippen LogP contribution is 2.06. The van der Waals surface area contributed by atoms with Gasteiger partial charge in [0.05, 0.1) is 0 Å². The Morgan fingerprint density at radius 1 is 1.60 bits per heavy atom. The van der Waals surface area contributed by atoms with Gasteiger partial charge >= 0.3 is 5.69 Å². The van der Waals surface area contributed by atoms with Crippen LogP contribution in [0.3, 0.4) is 0 Å². The molecule has 1 heterocycles. The molecule has 0 aliphatic carbocycles. The zero-order valence-corrected chi connectivity index (χ0v) is 5.79. The molecule has 0 saturated heterocycles. The molecule has 0 fully saturated rings. The van der Waals surface area contributed by atoms with Crippen LogP contribution in [-0.2, 0) is 12.2 Å². The van der Waals surface area contributed by atoms with Crippen LogP contribution in [0.25, 0.3) is 0 Å². The Kier molecular flexibility index (Phi) is 1.45. The van der Waals surface area contributed by atoms with E-state index in [9.17, 15) is 9.90 Å². The third-order valence-electron chi connectivity index (χ3n) is 1.22. The standard InChI is InChI=1S/C6H7N2O2/c1-4-3-8(2)6(10)7-5(4)9/h3H,1-2H3. The summed E-state index contributed by atoms with van der Waals surface area (Å²) in [5.74, 6) is -0.442. The average Bonchev–Trinajstić information content (AvgIpc) is 1.84. The molecule has 0 bridgehead atoms. The summed E-state index contributed by atoms with van der Waals surface area (Å²) in [7, 11) is 1.56. The molecule has 4 heteroatoms. The van der Waals surface area contributed by atoms with E-state index in [1.165, 1.54) is 10.8 Å². The summed E-state index contributed by atoms with van der Waals surface area (Å²) in [6.07, 6.45) is 1.47. The monoisotopic (exact) mass is 139 g/mol. The number of aromatic nitrogens is 2. The minimum atomic E-state index is -0.504. The smallest absolute Gasteiger partial charge is 0.302 e. The van der Waals surface area contributed by atoms with Crippen LogP contribution >= 0.6 is 0 Å². The zero-order chi connectivity index (χ0) is 7.72. The molecule has 0 spiro atoms. The quantitative estimate of drug-likeness (QED) is 0.516. The molecule has 1 aromatic heterocycles. The maximum absolute atomic E-state index is 10.7. The Labute approximate surface area is 57.8 Å². The number of rotatable bonds is 0. The summed E-state index contributed by atoms with van der Waals surface area (Å²) in [6.45, 7) is 1.62. The molecule has 0 atom stereocenters. The molecule has 0 aliphatic rings. The van der Waals surface area contributed by atoms with Crippen molar-refractivity contribution in [1.82, 2.24) is 9.55 Å². The minimum absolute atomic E-state index is 0.442. The predicted octanol–water partition coefficient (Wildman–Crippen LogP) is 0.233. The van der Waals surface area contributed by atoms with Crippen molar-refractivity contribution in [1.29, 1.82) is 0 Å².